The molecule has 4 heteroatoms. The van der Waals surface area contributed by atoms with Crippen LogP contribution in [0, 0.1) is 13.8 Å². The summed E-state index contributed by atoms with van der Waals surface area (Å²) in [5, 5.41) is 8.46. The number of hydrogen-bond acceptors (Lipinski definition) is 2. The van der Waals surface area contributed by atoms with E-state index in [0.717, 1.165) is 29.4 Å². The first-order valence-electron chi connectivity index (χ1n) is 6.92. The number of halogens is 1. The van der Waals surface area contributed by atoms with Crippen LogP contribution in [0.1, 0.15) is 28.4 Å². The molecule has 1 N–H and O–H groups in total. The lowest BCUT2D eigenvalue weighted by Crippen LogP contribution is -2.20. The molecule has 20 heavy (non-hydrogen) atoms. The van der Waals surface area contributed by atoms with Crippen molar-refractivity contribution >= 4 is 11.6 Å². The van der Waals surface area contributed by atoms with Crippen molar-refractivity contribution in [1.29, 1.82) is 0 Å². The predicted octanol–water partition coefficient (Wildman–Crippen LogP) is 3.24. The van der Waals surface area contributed by atoms with Gasteiger partial charge in [0.05, 0.1) is 16.4 Å². The standard InChI is InChI=1S/C16H22ClN3/c1-11-5-7-13(8-6-11)14(10-18-3)9-15-16(17)12(2)19-20(15)4/h5-8,14,18H,9-10H2,1-4H3. The number of hydrogen-bond donors (Lipinski definition) is 1. The van der Waals surface area contributed by atoms with E-state index in [1.165, 1.54) is 11.1 Å². The average Bonchev–Trinajstić information content (AvgIpc) is 2.65. The van der Waals surface area contributed by atoms with Gasteiger partial charge in [-0.25, -0.2) is 0 Å². The summed E-state index contributed by atoms with van der Waals surface area (Å²) in [5.41, 5.74) is 4.62. The molecule has 0 radical (unpaired) electrons. The zero-order chi connectivity index (χ0) is 14.7. The second-order valence-electron chi connectivity index (χ2n) is 5.34. The van der Waals surface area contributed by atoms with Crippen molar-refractivity contribution in [3.63, 3.8) is 0 Å². The van der Waals surface area contributed by atoms with Gasteiger partial charge >= 0.3 is 0 Å². The molecule has 108 valence electrons. The number of nitrogens with zero attached hydrogens (tertiary/aromatic N) is 2. The molecule has 0 aliphatic carbocycles. The maximum Gasteiger partial charge on any atom is 0.0847 e. The molecule has 0 aliphatic heterocycles. The van der Waals surface area contributed by atoms with Crippen molar-refractivity contribution < 1.29 is 0 Å². The molecule has 0 amide bonds. The van der Waals surface area contributed by atoms with E-state index in [1.807, 2.05) is 25.7 Å². The zero-order valence-corrected chi connectivity index (χ0v) is 13.3. The average molecular weight is 292 g/mol. The van der Waals surface area contributed by atoms with E-state index in [1.54, 1.807) is 0 Å². The number of likely N-dealkylation sites (N-methyl/N-ethyl adjacent to an activating group) is 1. The van der Waals surface area contributed by atoms with E-state index in [-0.39, 0.29) is 0 Å². The molecular weight excluding hydrogens is 270 g/mol. The number of rotatable bonds is 5. The molecule has 2 rings (SSSR count). The van der Waals surface area contributed by atoms with Gasteiger partial charge in [-0.05, 0) is 32.9 Å². The number of nitrogens with one attached hydrogen (secondary N) is 1. The third-order valence-corrected chi connectivity index (χ3v) is 4.19. The van der Waals surface area contributed by atoms with Gasteiger partial charge in [-0.3, -0.25) is 4.68 Å². The molecule has 0 bridgehead atoms. The van der Waals surface area contributed by atoms with Crippen LogP contribution >= 0.6 is 11.6 Å². The Morgan fingerprint density at radius 3 is 2.40 bits per heavy atom. The highest BCUT2D eigenvalue weighted by molar-refractivity contribution is 6.31. The Morgan fingerprint density at radius 2 is 1.90 bits per heavy atom. The van der Waals surface area contributed by atoms with E-state index in [0.29, 0.717) is 5.92 Å². The number of aryl methyl sites for hydroxylation is 3. The highest BCUT2D eigenvalue weighted by Crippen LogP contribution is 2.26. The molecule has 1 unspecified atom stereocenters. The summed E-state index contributed by atoms with van der Waals surface area (Å²) in [6, 6.07) is 8.73. The van der Waals surface area contributed by atoms with Crippen molar-refractivity contribution in [3.05, 3.63) is 51.8 Å². The predicted molar refractivity (Wildman–Crippen MR) is 84.5 cm³/mol. The SMILES string of the molecule is CNCC(Cc1c(Cl)c(C)nn1C)c1ccc(C)cc1. The normalized spacial score (nSPS) is 12.7. The minimum absolute atomic E-state index is 0.396. The fourth-order valence-corrected chi connectivity index (χ4v) is 2.77. The van der Waals surface area contributed by atoms with Crippen molar-refractivity contribution in [1.82, 2.24) is 15.1 Å². The van der Waals surface area contributed by atoms with Gasteiger partial charge in [0.15, 0.2) is 0 Å². The van der Waals surface area contributed by atoms with Crippen LogP contribution in [-0.2, 0) is 13.5 Å². The molecule has 1 atom stereocenters. The molecule has 0 saturated carbocycles. The van der Waals surface area contributed by atoms with Gasteiger partial charge in [0.1, 0.15) is 0 Å². The third-order valence-electron chi connectivity index (χ3n) is 3.70. The summed E-state index contributed by atoms with van der Waals surface area (Å²) in [4.78, 5) is 0. The lowest BCUT2D eigenvalue weighted by Gasteiger charge is -2.18. The lowest BCUT2D eigenvalue weighted by atomic mass is 9.93. The summed E-state index contributed by atoms with van der Waals surface area (Å²) in [5.74, 6) is 0.396. The van der Waals surface area contributed by atoms with Crippen LogP contribution in [0.5, 0.6) is 0 Å². The summed E-state index contributed by atoms with van der Waals surface area (Å²) >= 11 is 6.37. The van der Waals surface area contributed by atoms with Crippen LogP contribution in [0.4, 0.5) is 0 Å². The minimum Gasteiger partial charge on any atom is -0.319 e. The second kappa shape index (κ2) is 6.42. The van der Waals surface area contributed by atoms with Crippen LogP contribution in [0.3, 0.4) is 0 Å². The molecule has 0 fully saturated rings. The number of aromatic nitrogens is 2. The van der Waals surface area contributed by atoms with Crippen LogP contribution in [0.25, 0.3) is 0 Å². The first-order valence-corrected chi connectivity index (χ1v) is 7.30. The Balaban J connectivity index is 2.27. The van der Waals surface area contributed by atoms with Crippen LogP contribution in [0.2, 0.25) is 5.02 Å². The molecule has 1 heterocycles. The van der Waals surface area contributed by atoms with Gasteiger partial charge in [0, 0.05) is 19.5 Å². The topological polar surface area (TPSA) is 29.9 Å². The fourth-order valence-electron chi connectivity index (χ4n) is 2.53. The van der Waals surface area contributed by atoms with E-state index >= 15 is 0 Å². The molecule has 2 aromatic rings. The third kappa shape index (κ3) is 3.22. The first kappa shape index (κ1) is 15.1. The quantitative estimate of drug-likeness (QED) is 0.916. The van der Waals surface area contributed by atoms with E-state index < -0.39 is 0 Å². The molecule has 0 aliphatic rings. The van der Waals surface area contributed by atoms with E-state index in [4.69, 9.17) is 11.6 Å². The monoisotopic (exact) mass is 291 g/mol. The zero-order valence-electron chi connectivity index (χ0n) is 12.6. The maximum atomic E-state index is 6.37. The van der Waals surface area contributed by atoms with Crippen molar-refractivity contribution in [2.24, 2.45) is 7.05 Å². The van der Waals surface area contributed by atoms with Gasteiger partial charge in [-0.2, -0.15) is 5.10 Å². The summed E-state index contributed by atoms with van der Waals surface area (Å²) < 4.78 is 1.90. The molecule has 1 aromatic heterocycles. The van der Waals surface area contributed by atoms with Gasteiger partial charge in [0.25, 0.3) is 0 Å². The summed E-state index contributed by atoms with van der Waals surface area (Å²) in [6.07, 6.45) is 0.889. The fraction of sp³-hybridized carbons (Fsp3) is 0.438. The Morgan fingerprint density at radius 1 is 1.25 bits per heavy atom. The Hall–Kier alpha value is -1.32. The largest absolute Gasteiger partial charge is 0.319 e. The van der Waals surface area contributed by atoms with E-state index in [2.05, 4.69) is 41.6 Å². The van der Waals surface area contributed by atoms with Crippen molar-refractivity contribution in [2.45, 2.75) is 26.2 Å². The molecule has 0 spiro atoms. The van der Waals surface area contributed by atoms with Gasteiger partial charge < -0.3 is 5.32 Å². The summed E-state index contributed by atoms with van der Waals surface area (Å²) in [7, 11) is 3.94. The maximum absolute atomic E-state index is 6.37. The highest BCUT2D eigenvalue weighted by atomic mass is 35.5. The first-order chi connectivity index (χ1) is 9.52. The number of benzene rings is 1. The van der Waals surface area contributed by atoms with E-state index in [9.17, 15) is 0 Å². The Labute approximate surface area is 126 Å². The smallest absolute Gasteiger partial charge is 0.0847 e. The van der Waals surface area contributed by atoms with Gasteiger partial charge in [-0.15, -0.1) is 0 Å². The molecule has 3 nitrogen and oxygen atoms in total. The lowest BCUT2D eigenvalue weighted by molar-refractivity contribution is 0.591. The van der Waals surface area contributed by atoms with Gasteiger partial charge in [-0.1, -0.05) is 41.4 Å². The van der Waals surface area contributed by atoms with Crippen molar-refractivity contribution in [2.75, 3.05) is 13.6 Å². The minimum atomic E-state index is 0.396. The van der Waals surface area contributed by atoms with Crippen LogP contribution in [0.15, 0.2) is 24.3 Å². The van der Waals surface area contributed by atoms with Crippen molar-refractivity contribution in [3.8, 4) is 0 Å². The molecule has 0 saturated heterocycles. The Kier molecular flexibility index (Phi) is 4.84. The van der Waals surface area contributed by atoms with Gasteiger partial charge in [0.2, 0.25) is 0 Å². The molecule has 1 aromatic carbocycles. The Bertz CT molecular complexity index is 572. The van der Waals surface area contributed by atoms with Crippen LogP contribution < -0.4 is 5.32 Å². The second-order valence-corrected chi connectivity index (χ2v) is 5.72. The highest BCUT2D eigenvalue weighted by Gasteiger charge is 2.18. The summed E-state index contributed by atoms with van der Waals surface area (Å²) in [6.45, 7) is 4.98. The van der Waals surface area contributed by atoms with Crippen LogP contribution in [-0.4, -0.2) is 23.4 Å². The molecular formula is C16H22ClN3.